The molecule has 4 heteroatoms. The molecule has 0 unspecified atom stereocenters. The van der Waals surface area contributed by atoms with Crippen molar-refractivity contribution in [1.82, 2.24) is 5.32 Å². The molecule has 17 heavy (non-hydrogen) atoms. The summed E-state index contributed by atoms with van der Waals surface area (Å²) in [6, 6.07) is 7.17. The van der Waals surface area contributed by atoms with Crippen LogP contribution in [0.4, 0.5) is 5.69 Å². The van der Waals surface area contributed by atoms with Crippen molar-refractivity contribution in [3.8, 4) is 5.75 Å². The Kier molecular flexibility index (Phi) is 5.49. The van der Waals surface area contributed by atoms with Crippen LogP contribution in [-0.2, 0) is 4.79 Å². The van der Waals surface area contributed by atoms with Crippen LogP contribution in [0.15, 0.2) is 24.3 Å². The molecule has 0 aliphatic rings. The second kappa shape index (κ2) is 6.91. The molecule has 0 saturated carbocycles. The topological polar surface area (TPSA) is 61.4 Å². The van der Waals surface area contributed by atoms with Crippen molar-refractivity contribution in [1.29, 1.82) is 0 Å². The van der Waals surface area contributed by atoms with Gasteiger partial charge >= 0.3 is 0 Å². The zero-order chi connectivity index (χ0) is 12.7. The van der Waals surface area contributed by atoms with Gasteiger partial charge in [0.25, 0.3) is 0 Å². The Labute approximate surface area is 102 Å². The molecular weight excluding hydrogens is 216 g/mol. The molecule has 1 rings (SSSR count). The molecule has 0 atom stereocenters. The van der Waals surface area contributed by atoms with E-state index in [2.05, 4.69) is 24.5 Å². The number of phenolic OH excluding ortho intramolecular Hbond substituents is 1. The van der Waals surface area contributed by atoms with Gasteiger partial charge in [0.05, 0.1) is 5.69 Å². The number of anilines is 1. The van der Waals surface area contributed by atoms with Crippen LogP contribution < -0.4 is 10.6 Å². The van der Waals surface area contributed by atoms with Crippen molar-refractivity contribution in [2.75, 3.05) is 11.9 Å². The van der Waals surface area contributed by atoms with Crippen LogP contribution >= 0.6 is 0 Å². The van der Waals surface area contributed by atoms with Gasteiger partial charge in [-0.15, -0.1) is 0 Å². The minimum Gasteiger partial charge on any atom is -0.506 e. The number of hydrogen-bond donors (Lipinski definition) is 3. The van der Waals surface area contributed by atoms with E-state index in [-0.39, 0.29) is 11.7 Å². The number of aromatic hydroxyl groups is 1. The first-order valence-corrected chi connectivity index (χ1v) is 5.91. The van der Waals surface area contributed by atoms with E-state index in [0.717, 1.165) is 13.0 Å². The summed E-state index contributed by atoms with van der Waals surface area (Å²) in [7, 11) is 0. The van der Waals surface area contributed by atoms with Gasteiger partial charge in [-0.3, -0.25) is 4.79 Å². The van der Waals surface area contributed by atoms with Crippen LogP contribution in [0.2, 0.25) is 0 Å². The smallest absolute Gasteiger partial charge is 0.224 e. The van der Waals surface area contributed by atoms with Crippen molar-refractivity contribution in [2.45, 2.75) is 32.7 Å². The van der Waals surface area contributed by atoms with E-state index in [1.54, 1.807) is 24.3 Å². The third-order valence-corrected chi connectivity index (χ3v) is 2.31. The summed E-state index contributed by atoms with van der Waals surface area (Å²) in [4.78, 5) is 11.6. The number of benzene rings is 1. The zero-order valence-electron chi connectivity index (χ0n) is 10.4. The van der Waals surface area contributed by atoms with Gasteiger partial charge in [0.2, 0.25) is 5.91 Å². The molecular formula is C13H20N2O2. The van der Waals surface area contributed by atoms with Gasteiger partial charge in [-0.1, -0.05) is 26.0 Å². The Hall–Kier alpha value is -1.55. The van der Waals surface area contributed by atoms with Crippen LogP contribution in [0, 0.1) is 0 Å². The molecule has 0 fully saturated rings. The quantitative estimate of drug-likeness (QED) is 0.523. The second-order valence-electron chi connectivity index (χ2n) is 4.28. The number of rotatable bonds is 6. The van der Waals surface area contributed by atoms with E-state index in [4.69, 9.17) is 0 Å². The first-order valence-electron chi connectivity index (χ1n) is 5.91. The van der Waals surface area contributed by atoms with Gasteiger partial charge in [-0.05, 0) is 25.1 Å². The Morgan fingerprint density at radius 1 is 1.35 bits per heavy atom. The molecule has 1 aromatic carbocycles. The van der Waals surface area contributed by atoms with Crippen LogP contribution in [0.3, 0.4) is 0 Å². The van der Waals surface area contributed by atoms with E-state index >= 15 is 0 Å². The van der Waals surface area contributed by atoms with Gasteiger partial charge in [-0.2, -0.15) is 0 Å². The average molecular weight is 236 g/mol. The molecule has 0 bridgehead atoms. The molecule has 94 valence electrons. The molecule has 3 N–H and O–H groups in total. The lowest BCUT2D eigenvalue weighted by Gasteiger charge is -2.09. The second-order valence-corrected chi connectivity index (χ2v) is 4.28. The summed E-state index contributed by atoms with van der Waals surface area (Å²) in [6.45, 7) is 4.97. The maximum Gasteiger partial charge on any atom is 0.224 e. The van der Waals surface area contributed by atoms with Crippen LogP contribution in [0.25, 0.3) is 0 Å². The predicted octanol–water partition coefficient (Wildman–Crippen LogP) is 2.11. The molecule has 0 saturated heterocycles. The fraction of sp³-hybridized carbons (Fsp3) is 0.462. The first-order chi connectivity index (χ1) is 8.09. The fourth-order valence-corrected chi connectivity index (χ4v) is 1.43. The summed E-state index contributed by atoms with van der Waals surface area (Å²) >= 11 is 0. The average Bonchev–Trinajstić information content (AvgIpc) is 2.27. The minimum absolute atomic E-state index is 0.0722. The summed E-state index contributed by atoms with van der Waals surface area (Å²) in [5, 5.41) is 15.4. The predicted molar refractivity (Wildman–Crippen MR) is 69.1 cm³/mol. The Morgan fingerprint density at radius 3 is 2.71 bits per heavy atom. The first kappa shape index (κ1) is 13.5. The highest BCUT2D eigenvalue weighted by Crippen LogP contribution is 2.21. The van der Waals surface area contributed by atoms with Crippen molar-refractivity contribution in [2.24, 2.45) is 0 Å². The number of carbonyl (C=O) groups excluding carboxylic acids is 1. The fourth-order valence-electron chi connectivity index (χ4n) is 1.43. The number of amides is 1. The van der Waals surface area contributed by atoms with E-state index in [1.807, 2.05) is 0 Å². The molecule has 0 aromatic heterocycles. The number of carbonyl (C=O) groups is 1. The Morgan fingerprint density at radius 2 is 2.06 bits per heavy atom. The number of hydrogen-bond acceptors (Lipinski definition) is 3. The summed E-state index contributed by atoms with van der Waals surface area (Å²) in [5.41, 5.74) is 0.467. The van der Waals surface area contributed by atoms with E-state index in [9.17, 15) is 9.90 Å². The van der Waals surface area contributed by atoms with Gasteiger partial charge in [-0.25, -0.2) is 0 Å². The molecule has 1 aromatic rings. The third kappa shape index (κ3) is 5.36. The molecule has 1 amide bonds. The molecule has 0 aliphatic heterocycles. The lowest BCUT2D eigenvalue weighted by Crippen LogP contribution is -2.24. The highest BCUT2D eigenvalue weighted by atomic mass is 16.3. The maximum atomic E-state index is 11.6. The summed E-state index contributed by atoms with van der Waals surface area (Å²) in [5.74, 6) is 0.0261. The third-order valence-electron chi connectivity index (χ3n) is 2.31. The lowest BCUT2D eigenvalue weighted by molar-refractivity contribution is -0.116. The number of phenols is 1. The largest absolute Gasteiger partial charge is 0.506 e. The van der Waals surface area contributed by atoms with Crippen LogP contribution in [-0.4, -0.2) is 23.6 Å². The lowest BCUT2D eigenvalue weighted by atomic mass is 10.2. The van der Waals surface area contributed by atoms with Gasteiger partial charge in [0, 0.05) is 12.5 Å². The van der Waals surface area contributed by atoms with Crippen molar-refractivity contribution >= 4 is 11.6 Å². The standard InChI is InChI=1S/C13H20N2O2/c1-10(2)14-9-5-8-13(17)15-11-6-3-4-7-12(11)16/h3-4,6-7,10,14,16H,5,8-9H2,1-2H3,(H,15,17). The van der Waals surface area contributed by atoms with Crippen LogP contribution in [0.1, 0.15) is 26.7 Å². The summed E-state index contributed by atoms with van der Waals surface area (Å²) in [6.07, 6.45) is 1.24. The molecule has 0 heterocycles. The molecule has 4 nitrogen and oxygen atoms in total. The monoisotopic (exact) mass is 236 g/mol. The zero-order valence-corrected chi connectivity index (χ0v) is 10.4. The van der Waals surface area contributed by atoms with Gasteiger partial charge in [0.15, 0.2) is 0 Å². The van der Waals surface area contributed by atoms with Crippen molar-refractivity contribution < 1.29 is 9.90 Å². The SMILES string of the molecule is CC(C)NCCCC(=O)Nc1ccccc1O. The van der Waals surface area contributed by atoms with Gasteiger partial charge < -0.3 is 15.7 Å². The molecule has 0 radical (unpaired) electrons. The minimum atomic E-state index is -0.0722. The van der Waals surface area contributed by atoms with Crippen molar-refractivity contribution in [3.63, 3.8) is 0 Å². The maximum absolute atomic E-state index is 11.6. The van der Waals surface area contributed by atoms with Crippen molar-refractivity contribution in [3.05, 3.63) is 24.3 Å². The van der Waals surface area contributed by atoms with E-state index in [1.165, 1.54) is 0 Å². The highest BCUT2D eigenvalue weighted by Gasteiger charge is 2.05. The van der Waals surface area contributed by atoms with Gasteiger partial charge in [0.1, 0.15) is 5.75 Å². The Balaban J connectivity index is 2.28. The summed E-state index contributed by atoms with van der Waals surface area (Å²) < 4.78 is 0. The molecule has 0 spiro atoms. The normalized spacial score (nSPS) is 10.5. The van der Waals surface area contributed by atoms with E-state index < -0.39 is 0 Å². The highest BCUT2D eigenvalue weighted by molar-refractivity contribution is 5.92. The van der Waals surface area contributed by atoms with E-state index in [0.29, 0.717) is 18.2 Å². The Bertz CT molecular complexity index is 364. The van der Waals surface area contributed by atoms with Crippen LogP contribution in [0.5, 0.6) is 5.75 Å². The molecule has 0 aliphatic carbocycles. The number of nitrogens with one attached hydrogen (secondary N) is 2. The number of para-hydroxylation sites is 2.